The Hall–Kier alpha value is -1.40. The Morgan fingerprint density at radius 1 is 1.25 bits per heavy atom. The van der Waals surface area contributed by atoms with Gasteiger partial charge in [-0.05, 0) is 18.2 Å². The molecule has 1 aromatic carbocycles. The van der Waals surface area contributed by atoms with E-state index in [0.29, 0.717) is 11.4 Å². The third-order valence-corrected chi connectivity index (χ3v) is 2.67. The van der Waals surface area contributed by atoms with E-state index in [1.807, 2.05) is 0 Å². The molecule has 0 radical (unpaired) electrons. The first-order valence-electron chi connectivity index (χ1n) is 4.58. The van der Waals surface area contributed by atoms with Crippen LogP contribution in [0.15, 0.2) is 22.7 Å². The van der Waals surface area contributed by atoms with Gasteiger partial charge in [0.25, 0.3) is 11.8 Å². The molecule has 0 unspecified atom stereocenters. The van der Waals surface area contributed by atoms with E-state index in [-0.39, 0.29) is 13.2 Å². The van der Waals surface area contributed by atoms with Gasteiger partial charge in [-0.2, -0.15) is 0 Å². The first-order chi connectivity index (χ1) is 7.59. The molecule has 5 nitrogen and oxygen atoms in total. The van der Waals surface area contributed by atoms with Gasteiger partial charge in [0.15, 0.2) is 0 Å². The Bertz CT molecular complexity index is 445. The van der Waals surface area contributed by atoms with Crippen LogP contribution in [0.1, 0.15) is 0 Å². The minimum Gasteiger partial charge on any atom is -0.397 e. The maximum Gasteiger partial charge on any atom is 0.259 e. The molecule has 1 heterocycles. The Labute approximate surface area is 100 Å². The molecule has 1 saturated heterocycles. The van der Waals surface area contributed by atoms with Crippen molar-refractivity contribution < 1.29 is 14.3 Å². The highest BCUT2D eigenvalue weighted by Gasteiger charge is 2.29. The zero-order valence-corrected chi connectivity index (χ0v) is 9.86. The van der Waals surface area contributed by atoms with Crippen LogP contribution in [0.5, 0.6) is 0 Å². The second-order valence-electron chi connectivity index (χ2n) is 3.32. The number of carbonyl (C=O) groups is 2. The van der Waals surface area contributed by atoms with Gasteiger partial charge in [0.05, 0.1) is 11.4 Å². The average Bonchev–Trinajstić information content (AvgIpc) is 2.20. The topological polar surface area (TPSA) is 72.6 Å². The van der Waals surface area contributed by atoms with Crippen LogP contribution in [0.3, 0.4) is 0 Å². The number of hydrogen-bond donors (Lipinski definition) is 1. The number of nitrogen functional groups attached to an aromatic ring is 1. The average molecular weight is 285 g/mol. The summed E-state index contributed by atoms with van der Waals surface area (Å²) in [4.78, 5) is 24.2. The Morgan fingerprint density at radius 2 is 1.88 bits per heavy atom. The summed E-state index contributed by atoms with van der Waals surface area (Å²) in [5.74, 6) is -0.796. The monoisotopic (exact) mass is 284 g/mol. The fraction of sp³-hybridized carbons (Fsp3) is 0.200. The summed E-state index contributed by atoms with van der Waals surface area (Å²) < 4.78 is 5.61. The number of nitrogens with zero attached hydrogens (tertiary/aromatic N) is 1. The largest absolute Gasteiger partial charge is 0.397 e. The van der Waals surface area contributed by atoms with Gasteiger partial charge in [-0.25, -0.2) is 4.90 Å². The molecular formula is C10H9BrN2O3. The zero-order chi connectivity index (χ0) is 11.7. The number of halogens is 1. The number of anilines is 2. The number of imide groups is 1. The van der Waals surface area contributed by atoms with Gasteiger partial charge in [-0.1, -0.05) is 15.9 Å². The van der Waals surface area contributed by atoms with Crippen molar-refractivity contribution in [3.8, 4) is 0 Å². The van der Waals surface area contributed by atoms with Gasteiger partial charge in [-0.3, -0.25) is 9.59 Å². The lowest BCUT2D eigenvalue weighted by Gasteiger charge is -2.25. The number of ether oxygens (including phenoxy) is 1. The molecule has 0 atom stereocenters. The molecule has 16 heavy (non-hydrogen) atoms. The number of rotatable bonds is 1. The molecule has 0 aliphatic carbocycles. The summed E-state index contributed by atoms with van der Waals surface area (Å²) in [6.07, 6.45) is 0. The Balaban J connectivity index is 2.42. The van der Waals surface area contributed by atoms with Crippen LogP contribution in [0, 0.1) is 0 Å². The summed E-state index contributed by atoms with van der Waals surface area (Å²) in [5.41, 5.74) is 6.54. The maximum absolute atomic E-state index is 11.6. The van der Waals surface area contributed by atoms with Crippen molar-refractivity contribution in [1.82, 2.24) is 0 Å². The third-order valence-electron chi connectivity index (χ3n) is 2.18. The van der Waals surface area contributed by atoms with E-state index in [1.54, 1.807) is 18.2 Å². The molecule has 6 heteroatoms. The van der Waals surface area contributed by atoms with E-state index in [4.69, 9.17) is 10.5 Å². The van der Waals surface area contributed by atoms with Gasteiger partial charge >= 0.3 is 0 Å². The lowest BCUT2D eigenvalue weighted by atomic mass is 10.2. The van der Waals surface area contributed by atoms with Crippen molar-refractivity contribution in [2.45, 2.75) is 0 Å². The Kier molecular flexibility index (Phi) is 2.93. The molecule has 2 rings (SSSR count). The van der Waals surface area contributed by atoms with E-state index in [2.05, 4.69) is 15.9 Å². The summed E-state index contributed by atoms with van der Waals surface area (Å²) in [6, 6.07) is 4.99. The fourth-order valence-corrected chi connectivity index (χ4v) is 1.87. The van der Waals surface area contributed by atoms with Gasteiger partial charge in [0, 0.05) is 4.47 Å². The highest BCUT2D eigenvalue weighted by Crippen LogP contribution is 2.27. The predicted octanol–water partition coefficient (Wildman–Crippen LogP) is 0.921. The molecule has 1 fully saturated rings. The molecule has 0 aromatic heterocycles. The van der Waals surface area contributed by atoms with Crippen LogP contribution in [-0.2, 0) is 14.3 Å². The van der Waals surface area contributed by atoms with Crippen molar-refractivity contribution in [3.63, 3.8) is 0 Å². The van der Waals surface area contributed by atoms with E-state index in [9.17, 15) is 9.59 Å². The number of hydrogen-bond acceptors (Lipinski definition) is 4. The fourth-order valence-electron chi connectivity index (χ4n) is 1.49. The van der Waals surface area contributed by atoms with Crippen LogP contribution >= 0.6 is 15.9 Å². The molecule has 1 aromatic rings. The smallest absolute Gasteiger partial charge is 0.259 e. The van der Waals surface area contributed by atoms with Crippen molar-refractivity contribution in [3.05, 3.63) is 22.7 Å². The molecular weight excluding hydrogens is 276 g/mol. The van der Waals surface area contributed by atoms with E-state index >= 15 is 0 Å². The first kappa shape index (κ1) is 11.1. The molecule has 2 amide bonds. The van der Waals surface area contributed by atoms with E-state index in [1.165, 1.54) is 0 Å². The van der Waals surface area contributed by atoms with Gasteiger partial charge in [0.2, 0.25) is 0 Å². The highest BCUT2D eigenvalue weighted by atomic mass is 79.9. The number of amides is 2. The van der Waals surface area contributed by atoms with E-state index in [0.717, 1.165) is 9.37 Å². The van der Waals surface area contributed by atoms with Crippen LogP contribution in [0.2, 0.25) is 0 Å². The molecule has 1 aliphatic rings. The highest BCUT2D eigenvalue weighted by molar-refractivity contribution is 9.10. The van der Waals surface area contributed by atoms with E-state index < -0.39 is 11.8 Å². The number of nitrogens with two attached hydrogens (primary N) is 1. The number of carbonyl (C=O) groups excluding carboxylic acids is 2. The quantitative estimate of drug-likeness (QED) is 0.615. The number of morpholine rings is 1. The van der Waals surface area contributed by atoms with Crippen molar-refractivity contribution >= 4 is 39.1 Å². The third kappa shape index (κ3) is 1.94. The van der Waals surface area contributed by atoms with Crippen molar-refractivity contribution in [2.75, 3.05) is 23.8 Å². The maximum atomic E-state index is 11.6. The van der Waals surface area contributed by atoms with Gasteiger partial charge in [0.1, 0.15) is 13.2 Å². The minimum atomic E-state index is -0.398. The van der Waals surface area contributed by atoms with Crippen molar-refractivity contribution in [1.29, 1.82) is 0 Å². The zero-order valence-electron chi connectivity index (χ0n) is 8.27. The van der Waals surface area contributed by atoms with Gasteiger partial charge in [-0.15, -0.1) is 0 Å². The normalized spacial score (nSPS) is 16.7. The molecule has 0 bridgehead atoms. The lowest BCUT2D eigenvalue weighted by Crippen LogP contribution is -2.46. The second kappa shape index (κ2) is 4.23. The summed E-state index contributed by atoms with van der Waals surface area (Å²) in [6.45, 7) is -0.192. The molecule has 1 aliphatic heterocycles. The minimum absolute atomic E-state index is 0.0960. The molecule has 0 saturated carbocycles. The molecule has 84 valence electrons. The molecule has 2 N–H and O–H groups in total. The van der Waals surface area contributed by atoms with Crippen LogP contribution in [0.25, 0.3) is 0 Å². The second-order valence-corrected chi connectivity index (χ2v) is 4.23. The standard InChI is InChI=1S/C10H9BrN2O3/c11-6-1-2-8(7(12)3-6)13-9(14)4-16-5-10(13)15/h1-3H,4-5,12H2. The summed E-state index contributed by atoms with van der Waals surface area (Å²) in [7, 11) is 0. The Morgan fingerprint density at radius 3 is 2.44 bits per heavy atom. The number of benzene rings is 1. The van der Waals surface area contributed by atoms with Crippen LogP contribution in [0.4, 0.5) is 11.4 Å². The van der Waals surface area contributed by atoms with Crippen molar-refractivity contribution in [2.24, 2.45) is 0 Å². The summed E-state index contributed by atoms with van der Waals surface area (Å²) in [5, 5.41) is 0. The first-order valence-corrected chi connectivity index (χ1v) is 5.37. The molecule has 0 spiro atoms. The van der Waals surface area contributed by atoms with Crippen LogP contribution < -0.4 is 10.6 Å². The summed E-state index contributed by atoms with van der Waals surface area (Å²) >= 11 is 3.26. The predicted molar refractivity (Wildman–Crippen MR) is 61.9 cm³/mol. The SMILES string of the molecule is Nc1cc(Br)ccc1N1C(=O)COCC1=O. The van der Waals surface area contributed by atoms with Gasteiger partial charge < -0.3 is 10.5 Å². The van der Waals surface area contributed by atoms with Crippen LogP contribution in [-0.4, -0.2) is 25.0 Å². The lowest BCUT2D eigenvalue weighted by molar-refractivity contribution is -0.138.